The number of hydrogen-bond donors (Lipinski definition) is 2. The molecule has 0 aliphatic rings. The van der Waals surface area contributed by atoms with Gasteiger partial charge in [0.1, 0.15) is 16.9 Å². The fourth-order valence-corrected chi connectivity index (χ4v) is 5.17. The Kier molecular flexibility index (Phi) is 6.66. The Balaban J connectivity index is 1.47. The van der Waals surface area contributed by atoms with Gasteiger partial charge < -0.3 is 4.74 Å². The predicted molar refractivity (Wildman–Crippen MR) is 132 cm³/mol. The maximum Gasteiger partial charge on any atom is 0.280 e. The summed E-state index contributed by atoms with van der Waals surface area (Å²) in [5.74, 6) is 0.0465. The van der Waals surface area contributed by atoms with Crippen molar-refractivity contribution >= 4 is 43.2 Å². The number of hydrogen-bond acceptors (Lipinski definition) is 7. The molecule has 0 aliphatic carbocycles. The molecule has 2 aromatic carbocycles. The highest BCUT2D eigenvalue weighted by molar-refractivity contribution is 7.92. The second kappa shape index (κ2) is 9.65. The van der Waals surface area contributed by atoms with Gasteiger partial charge in [0.15, 0.2) is 0 Å². The number of fused-ring (bicyclic) bond motifs is 1. The van der Waals surface area contributed by atoms with E-state index < -0.39 is 15.9 Å². The summed E-state index contributed by atoms with van der Waals surface area (Å²) in [5, 5.41) is 0.448. The molecule has 0 spiro atoms. The molecule has 34 heavy (non-hydrogen) atoms. The van der Waals surface area contributed by atoms with E-state index in [1.54, 1.807) is 18.2 Å². The van der Waals surface area contributed by atoms with Crippen molar-refractivity contribution in [3.8, 4) is 5.75 Å². The molecule has 2 N–H and O–H groups in total. The molecular weight excluding hydrogens is 476 g/mol. The van der Waals surface area contributed by atoms with E-state index in [-0.39, 0.29) is 21.7 Å². The highest BCUT2D eigenvalue weighted by Crippen LogP contribution is 2.21. The van der Waals surface area contributed by atoms with Crippen LogP contribution in [-0.2, 0) is 16.4 Å². The molecule has 2 aromatic heterocycles. The Bertz CT molecular complexity index is 1490. The maximum atomic E-state index is 12.7. The van der Waals surface area contributed by atoms with Gasteiger partial charge in [-0.2, -0.15) is 0 Å². The van der Waals surface area contributed by atoms with Gasteiger partial charge >= 0.3 is 0 Å². The number of carbonyl (C=O) groups is 1. The molecule has 176 valence electrons. The number of benzene rings is 2. The number of carbonyl (C=O) groups excluding carboxylic acids is 1. The van der Waals surface area contributed by atoms with E-state index in [0.29, 0.717) is 22.6 Å². The Hall–Kier alpha value is -3.70. The average molecular weight is 499 g/mol. The van der Waals surface area contributed by atoms with E-state index in [0.717, 1.165) is 16.0 Å². The van der Waals surface area contributed by atoms with Gasteiger partial charge in [-0.15, -0.1) is 11.3 Å². The van der Waals surface area contributed by atoms with Crippen LogP contribution in [-0.4, -0.2) is 30.6 Å². The lowest BCUT2D eigenvalue weighted by atomic mass is 10.2. The summed E-state index contributed by atoms with van der Waals surface area (Å²) in [5.41, 5.74) is 2.68. The van der Waals surface area contributed by atoms with Crippen molar-refractivity contribution in [2.24, 2.45) is 0 Å². The number of sulfonamides is 1. The largest absolute Gasteiger partial charge is 0.494 e. The van der Waals surface area contributed by atoms with Crippen LogP contribution in [0.5, 0.6) is 5.75 Å². The molecular formula is C23H22N4O5S2. The number of rotatable bonds is 8. The van der Waals surface area contributed by atoms with Gasteiger partial charge in [0.2, 0.25) is 0 Å². The standard InChI is InChI=1S/C23H22N4O5S2/c1-3-18-13-20-22(33-18)24-14-27(23(20)29)25-21(28)15-5-7-16(8-6-15)26-34(30,31)19-11-9-17(10-12-19)32-4-2/h5-14,26H,3-4H2,1-2H3,(H,25,28). The lowest BCUT2D eigenvalue weighted by Crippen LogP contribution is -2.33. The topological polar surface area (TPSA) is 119 Å². The Labute approximate surface area is 200 Å². The van der Waals surface area contributed by atoms with Gasteiger partial charge in [-0.1, -0.05) is 6.92 Å². The lowest BCUT2D eigenvalue weighted by Gasteiger charge is -2.10. The highest BCUT2D eigenvalue weighted by Gasteiger charge is 2.15. The van der Waals surface area contributed by atoms with Crippen LogP contribution >= 0.6 is 11.3 Å². The number of thiophene rings is 1. The van der Waals surface area contributed by atoms with Crippen molar-refractivity contribution in [3.05, 3.63) is 81.7 Å². The van der Waals surface area contributed by atoms with E-state index >= 15 is 0 Å². The molecule has 0 atom stereocenters. The van der Waals surface area contributed by atoms with Gasteiger partial charge in [0, 0.05) is 16.1 Å². The van der Waals surface area contributed by atoms with E-state index in [1.807, 2.05) is 13.8 Å². The minimum absolute atomic E-state index is 0.0831. The third-order valence-electron chi connectivity index (χ3n) is 4.92. The zero-order valence-electron chi connectivity index (χ0n) is 18.4. The Morgan fingerprint density at radius 1 is 1.09 bits per heavy atom. The molecule has 4 rings (SSSR count). The zero-order valence-corrected chi connectivity index (χ0v) is 20.1. The molecule has 4 aromatic rings. The van der Waals surface area contributed by atoms with Crippen LogP contribution in [0.25, 0.3) is 10.2 Å². The fourth-order valence-electron chi connectivity index (χ4n) is 3.19. The van der Waals surface area contributed by atoms with Gasteiger partial charge in [0.05, 0.1) is 16.9 Å². The smallest absolute Gasteiger partial charge is 0.280 e. The van der Waals surface area contributed by atoms with Gasteiger partial charge in [-0.25, -0.2) is 18.1 Å². The summed E-state index contributed by atoms with van der Waals surface area (Å²) >= 11 is 1.44. The van der Waals surface area contributed by atoms with Crippen LogP contribution in [0.3, 0.4) is 0 Å². The molecule has 0 saturated heterocycles. The minimum atomic E-state index is -3.81. The van der Waals surface area contributed by atoms with Crippen LogP contribution in [0.1, 0.15) is 29.1 Å². The summed E-state index contributed by atoms with van der Waals surface area (Å²) in [6, 6.07) is 13.7. The van der Waals surface area contributed by atoms with Gasteiger partial charge in [-0.3, -0.25) is 19.7 Å². The molecule has 0 saturated carbocycles. The number of amides is 1. The number of anilines is 1. The Morgan fingerprint density at radius 2 is 1.79 bits per heavy atom. The number of aryl methyl sites for hydroxylation is 1. The van der Waals surface area contributed by atoms with Crippen LogP contribution in [0.4, 0.5) is 5.69 Å². The second-order valence-corrected chi connectivity index (χ2v) is 10.0. The normalized spacial score (nSPS) is 11.4. The van der Waals surface area contributed by atoms with Crippen LogP contribution in [0.15, 0.2) is 70.6 Å². The van der Waals surface area contributed by atoms with Crippen molar-refractivity contribution < 1.29 is 17.9 Å². The monoisotopic (exact) mass is 498 g/mol. The first kappa shape index (κ1) is 23.5. The first-order valence-electron chi connectivity index (χ1n) is 10.5. The van der Waals surface area contributed by atoms with Gasteiger partial charge in [-0.05, 0) is 67.9 Å². The van der Waals surface area contributed by atoms with Crippen molar-refractivity contribution in [3.63, 3.8) is 0 Å². The van der Waals surface area contributed by atoms with Crippen molar-refractivity contribution in [2.75, 3.05) is 16.8 Å². The lowest BCUT2D eigenvalue weighted by molar-refractivity contribution is 0.101. The molecule has 9 nitrogen and oxygen atoms in total. The van der Waals surface area contributed by atoms with Crippen LogP contribution in [0, 0.1) is 0 Å². The molecule has 0 radical (unpaired) electrons. The Morgan fingerprint density at radius 3 is 2.44 bits per heavy atom. The third kappa shape index (κ3) is 4.95. The van der Waals surface area contributed by atoms with Gasteiger partial charge in [0.25, 0.3) is 21.5 Å². The summed E-state index contributed by atoms with van der Waals surface area (Å²) in [4.78, 5) is 31.3. The van der Waals surface area contributed by atoms with Crippen LogP contribution in [0.2, 0.25) is 0 Å². The number of aromatic nitrogens is 2. The van der Waals surface area contributed by atoms with E-state index in [4.69, 9.17) is 4.74 Å². The summed E-state index contributed by atoms with van der Waals surface area (Å²) in [6.45, 7) is 4.32. The number of nitrogens with zero attached hydrogens (tertiary/aromatic N) is 2. The second-order valence-electron chi connectivity index (χ2n) is 7.23. The quantitative estimate of drug-likeness (QED) is 0.383. The van der Waals surface area contributed by atoms with Crippen molar-refractivity contribution in [2.45, 2.75) is 25.2 Å². The maximum absolute atomic E-state index is 12.7. The molecule has 0 aliphatic heterocycles. The predicted octanol–water partition coefficient (Wildman–Crippen LogP) is 3.60. The van der Waals surface area contributed by atoms with Crippen molar-refractivity contribution in [1.29, 1.82) is 0 Å². The number of ether oxygens (including phenoxy) is 1. The SMILES string of the molecule is CCOc1ccc(S(=O)(=O)Nc2ccc(C(=O)Nn3cnc4sc(CC)cc4c3=O)cc2)cc1. The minimum Gasteiger partial charge on any atom is -0.494 e. The summed E-state index contributed by atoms with van der Waals surface area (Å²) < 4.78 is 34.1. The first-order valence-corrected chi connectivity index (χ1v) is 12.8. The van der Waals surface area contributed by atoms with E-state index in [2.05, 4.69) is 15.1 Å². The fraction of sp³-hybridized carbons (Fsp3) is 0.174. The van der Waals surface area contributed by atoms with Crippen LogP contribution < -0.4 is 20.4 Å². The van der Waals surface area contributed by atoms with E-state index in [9.17, 15) is 18.0 Å². The number of nitrogens with one attached hydrogen (secondary N) is 2. The first-order chi connectivity index (χ1) is 16.3. The van der Waals surface area contributed by atoms with Crippen molar-refractivity contribution in [1.82, 2.24) is 9.66 Å². The molecule has 0 bridgehead atoms. The summed E-state index contributed by atoms with van der Waals surface area (Å²) in [6.07, 6.45) is 2.07. The molecule has 0 unspecified atom stereocenters. The van der Waals surface area contributed by atoms with E-state index in [1.165, 1.54) is 54.1 Å². The average Bonchev–Trinajstić information content (AvgIpc) is 3.26. The highest BCUT2D eigenvalue weighted by atomic mass is 32.2. The molecule has 11 heteroatoms. The zero-order chi connectivity index (χ0) is 24.3. The molecule has 1 amide bonds. The molecule has 0 fully saturated rings. The molecule has 2 heterocycles. The summed E-state index contributed by atoms with van der Waals surface area (Å²) in [7, 11) is -3.81. The third-order valence-corrected chi connectivity index (χ3v) is 7.50.